The Morgan fingerprint density at radius 1 is 0.882 bits per heavy atom. The third kappa shape index (κ3) is 5.34. The van der Waals surface area contributed by atoms with E-state index in [0.717, 1.165) is 19.3 Å². The molecule has 1 heterocycles. The van der Waals surface area contributed by atoms with Crippen molar-refractivity contribution in [1.29, 1.82) is 0 Å². The average molecular weight is 492 g/mol. The van der Waals surface area contributed by atoms with E-state index in [4.69, 9.17) is 18.9 Å². The van der Waals surface area contributed by atoms with Gasteiger partial charge in [0.15, 0.2) is 18.1 Å². The molecule has 0 bridgehead atoms. The Morgan fingerprint density at radius 2 is 1.50 bits per heavy atom. The average Bonchev–Trinajstić information content (AvgIpc) is 2.86. The van der Waals surface area contributed by atoms with Gasteiger partial charge in [-0.1, -0.05) is 12.5 Å². The largest absolute Gasteiger partial charge is 0.493 e. The first-order valence-electron chi connectivity index (χ1n) is 10.8. The number of nitrogens with zero attached hydrogens (tertiary/aromatic N) is 1. The molecule has 184 valence electrons. The quantitative estimate of drug-likeness (QED) is 0.389. The van der Waals surface area contributed by atoms with Gasteiger partial charge in [0.2, 0.25) is 21.6 Å². The van der Waals surface area contributed by atoms with Crippen molar-refractivity contribution in [3.8, 4) is 17.2 Å². The van der Waals surface area contributed by atoms with E-state index in [-0.39, 0.29) is 16.0 Å². The van der Waals surface area contributed by atoms with Gasteiger partial charge in [-0.2, -0.15) is 4.31 Å². The van der Waals surface area contributed by atoms with Crippen molar-refractivity contribution in [2.24, 2.45) is 0 Å². The molecular formula is C24H29NO8S. The Hall–Kier alpha value is -3.11. The molecule has 1 fully saturated rings. The van der Waals surface area contributed by atoms with E-state index in [2.05, 4.69) is 0 Å². The van der Waals surface area contributed by atoms with Gasteiger partial charge in [0.25, 0.3) is 0 Å². The SMILES string of the molecule is COc1cc(C(=O)COC(=O)c2ccc(C)c(S(=O)(=O)N3CCCCC3)c2)cc(OC)c1OC. The molecule has 0 spiro atoms. The molecule has 2 aromatic rings. The van der Waals surface area contributed by atoms with Crippen LogP contribution in [0.2, 0.25) is 0 Å². The summed E-state index contributed by atoms with van der Waals surface area (Å²) in [7, 11) is 0.581. The van der Waals surface area contributed by atoms with Crippen LogP contribution in [0, 0.1) is 6.92 Å². The summed E-state index contributed by atoms with van der Waals surface area (Å²) in [4.78, 5) is 25.4. The normalized spacial score (nSPS) is 14.4. The lowest BCUT2D eigenvalue weighted by Gasteiger charge is -2.26. The maximum atomic E-state index is 13.1. The van der Waals surface area contributed by atoms with Crippen LogP contribution in [0.5, 0.6) is 17.2 Å². The number of sulfonamides is 1. The predicted molar refractivity (Wildman–Crippen MR) is 124 cm³/mol. The highest BCUT2D eigenvalue weighted by Crippen LogP contribution is 2.38. The molecule has 1 saturated heterocycles. The minimum absolute atomic E-state index is 0.0545. The number of aryl methyl sites for hydroxylation is 1. The third-order valence-corrected chi connectivity index (χ3v) is 7.72. The smallest absolute Gasteiger partial charge is 0.338 e. The summed E-state index contributed by atoms with van der Waals surface area (Å²) in [5.41, 5.74) is 0.800. The number of esters is 1. The molecule has 0 N–H and O–H groups in total. The fourth-order valence-electron chi connectivity index (χ4n) is 3.79. The van der Waals surface area contributed by atoms with Crippen molar-refractivity contribution in [1.82, 2.24) is 4.31 Å². The minimum atomic E-state index is -3.73. The van der Waals surface area contributed by atoms with Gasteiger partial charge in [0.1, 0.15) is 0 Å². The minimum Gasteiger partial charge on any atom is -0.493 e. The number of hydrogen-bond donors (Lipinski definition) is 0. The zero-order valence-electron chi connectivity index (χ0n) is 19.8. The summed E-state index contributed by atoms with van der Waals surface area (Å²) in [6, 6.07) is 7.29. The molecule has 0 atom stereocenters. The number of carbonyl (C=O) groups excluding carboxylic acids is 2. The second-order valence-corrected chi connectivity index (χ2v) is 9.76. The number of methoxy groups -OCH3 is 3. The lowest BCUT2D eigenvalue weighted by Crippen LogP contribution is -2.36. The molecule has 0 amide bonds. The number of ether oxygens (including phenoxy) is 4. The highest BCUT2D eigenvalue weighted by Gasteiger charge is 2.28. The van der Waals surface area contributed by atoms with E-state index in [1.807, 2.05) is 0 Å². The molecule has 0 radical (unpaired) electrons. The number of piperidine rings is 1. The molecule has 2 aromatic carbocycles. The summed E-state index contributed by atoms with van der Waals surface area (Å²) in [5, 5.41) is 0. The van der Waals surface area contributed by atoms with Gasteiger partial charge in [-0.15, -0.1) is 0 Å². The Balaban J connectivity index is 1.77. The van der Waals surface area contributed by atoms with E-state index in [0.29, 0.717) is 35.9 Å². The van der Waals surface area contributed by atoms with Crippen LogP contribution in [-0.4, -0.2) is 65.5 Å². The Kier molecular flexibility index (Phi) is 8.16. The van der Waals surface area contributed by atoms with Gasteiger partial charge in [-0.25, -0.2) is 13.2 Å². The number of ketones is 1. The van der Waals surface area contributed by atoms with Crippen LogP contribution >= 0.6 is 0 Å². The van der Waals surface area contributed by atoms with Crippen molar-refractivity contribution in [2.45, 2.75) is 31.1 Å². The van der Waals surface area contributed by atoms with Crippen molar-refractivity contribution >= 4 is 21.8 Å². The molecule has 9 nitrogen and oxygen atoms in total. The fraction of sp³-hybridized carbons (Fsp3) is 0.417. The maximum Gasteiger partial charge on any atom is 0.338 e. The highest BCUT2D eigenvalue weighted by molar-refractivity contribution is 7.89. The van der Waals surface area contributed by atoms with Gasteiger partial charge in [0.05, 0.1) is 31.8 Å². The van der Waals surface area contributed by atoms with Crippen molar-refractivity contribution in [3.63, 3.8) is 0 Å². The summed E-state index contributed by atoms with van der Waals surface area (Å²) in [6.45, 7) is 2.05. The van der Waals surface area contributed by atoms with Crippen LogP contribution in [0.1, 0.15) is 45.5 Å². The number of benzene rings is 2. The molecule has 0 aliphatic carbocycles. The van der Waals surface area contributed by atoms with Crippen LogP contribution in [0.4, 0.5) is 0 Å². The van der Waals surface area contributed by atoms with E-state index in [1.54, 1.807) is 13.0 Å². The standard InChI is InChI=1S/C24H29NO8S/c1-16-8-9-17(14-22(16)34(28,29)25-10-6-5-7-11-25)24(27)33-15-19(26)18-12-20(30-2)23(32-4)21(13-18)31-3/h8-9,12-14H,5-7,10-11,15H2,1-4H3. The van der Waals surface area contributed by atoms with Crippen LogP contribution in [0.3, 0.4) is 0 Å². The Morgan fingerprint density at radius 3 is 2.06 bits per heavy atom. The zero-order valence-corrected chi connectivity index (χ0v) is 20.6. The van der Waals surface area contributed by atoms with E-state index in [9.17, 15) is 18.0 Å². The molecule has 10 heteroatoms. The van der Waals surface area contributed by atoms with E-state index < -0.39 is 28.4 Å². The van der Waals surface area contributed by atoms with Gasteiger partial charge < -0.3 is 18.9 Å². The molecule has 34 heavy (non-hydrogen) atoms. The van der Waals surface area contributed by atoms with Crippen LogP contribution < -0.4 is 14.2 Å². The summed E-state index contributed by atoms with van der Waals surface area (Å²) < 4.78 is 48.6. The number of carbonyl (C=O) groups is 2. The monoisotopic (exact) mass is 491 g/mol. The molecule has 0 saturated carbocycles. The predicted octanol–water partition coefficient (Wildman–Crippen LogP) is 3.24. The van der Waals surface area contributed by atoms with Gasteiger partial charge in [0, 0.05) is 18.7 Å². The van der Waals surface area contributed by atoms with Gasteiger partial charge in [-0.3, -0.25) is 4.79 Å². The maximum absolute atomic E-state index is 13.1. The van der Waals surface area contributed by atoms with Crippen molar-refractivity contribution < 1.29 is 37.0 Å². The lowest BCUT2D eigenvalue weighted by molar-refractivity contribution is 0.0474. The topological polar surface area (TPSA) is 108 Å². The van der Waals surface area contributed by atoms with Crippen LogP contribution in [-0.2, 0) is 14.8 Å². The number of Topliss-reactive ketones (excluding diaryl/α,β-unsaturated/α-hetero) is 1. The molecule has 1 aliphatic rings. The van der Waals surface area contributed by atoms with Crippen LogP contribution in [0.15, 0.2) is 35.2 Å². The third-order valence-electron chi connectivity index (χ3n) is 5.68. The first-order chi connectivity index (χ1) is 16.2. The summed E-state index contributed by atoms with van der Waals surface area (Å²) in [6.07, 6.45) is 2.61. The summed E-state index contributed by atoms with van der Waals surface area (Å²) >= 11 is 0. The van der Waals surface area contributed by atoms with Crippen molar-refractivity contribution in [2.75, 3.05) is 41.0 Å². The molecule has 1 aliphatic heterocycles. The summed E-state index contributed by atoms with van der Waals surface area (Å²) in [5.74, 6) is -0.359. The van der Waals surface area contributed by atoms with Crippen molar-refractivity contribution in [3.05, 3.63) is 47.0 Å². The van der Waals surface area contributed by atoms with E-state index >= 15 is 0 Å². The number of hydrogen-bond acceptors (Lipinski definition) is 8. The Labute approximate surface area is 199 Å². The highest BCUT2D eigenvalue weighted by atomic mass is 32.2. The molecule has 0 aromatic heterocycles. The first-order valence-corrected chi connectivity index (χ1v) is 12.3. The zero-order chi connectivity index (χ0) is 24.9. The van der Waals surface area contributed by atoms with Gasteiger partial charge in [-0.05, 0) is 49.6 Å². The number of rotatable bonds is 9. The second kappa shape index (κ2) is 10.9. The van der Waals surface area contributed by atoms with E-state index in [1.165, 1.54) is 49.9 Å². The molecular weight excluding hydrogens is 462 g/mol. The molecule has 3 rings (SSSR count). The molecule has 0 unspecified atom stereocenters. The lowest BCUT2D eigenvalue weighted by atomic mass is 10.1. The fourth-order valence-corrected chi connectivity index (χ4v) is 5.56. The van der Waals surface area contributed by atoms with Crippen LogP contribution in [0.25, 0.3) is 0 Å². The second-order valence-electron chi connectivity index (χ2n) is 7.86. The first kappa shape index (κ1) is 25.5. The van der Waals surface area contributed by atoms with Gasteiger partial charge >= 0.3 is 5.97 Å². The Bertz CT molecular complexity index is 1140.